The van der Waals surface area contributed by atoms with Crippen LogP contribution in [0.1, 0.15) is 39.2 Å². The van der Waals surface area contributed by atoms with Gasteiger partial charge in [0, 0.05) is 38.1 Å². The van der Waals surface area contributed by atoms with E-state index in [0.717, 1.165) is 61.4 Å². The molecule has 7 nitrogen and oxygen atoms in total. The van der Waals surface area contributed by atoms with Gasteiger partial charge in [0.2, 0.25) is 0 Å². The highest BCUT2D eigenvalue weighted by molar-refractivity contribution is 5.87. The maximum Gasteiger partial charge on any atom is 0.416 e. The van der Waals surface area contributed by atoms with Crippen LogP contribution >= 0.6 is 0 Å². The van der Waals surface area contributed by atoms with Crippen LogP contribution in [0.4, 0.5) is 18.0 Å². The van der Waals surface area contributed by atoms with Crippen molar-refractivity contribution in [2.45, 2.75) is 25.4 Å². The Labute approximate surface area is 218 Å². The van der Waals surface area contributed by atoms with E-state index in [0.29, 0.717) is 25.3 Å². The lowest BCUT2D eigenvalue weighted by Crippen LogP contribution is -2.49. The summed E-state index contributed by atoms with van der Waals surface area (Å²) in [6.07, 6.45) is -1.30. The molecule has 200 valence electrons. The molecule has 0 unspecified atom stereocenters. The molecule has 4 rings (SSSR count). The maximum atomic E-state index is 12.7. The molecule has 38 heavy (non-hydrogen) atoms. The molecule has 1 aromatic heterocycles. The number of alkyl halides is 3. The third-order valence-electron chi connectivity index (χ3n) is 6.43. The van der Waals surface area contributed by atoms with Gasteiger partial charge < -0.3 is 14.7 Å². The summed E-state index contributed by atoms with van der Waals surface area (Å²) in [7, 11) is 0. The number of carboxylic acids is 1. The Morgan fingerprint density at radius 2 is 1.53 bits per heavy atom. The Balaban J connectivity index is 1.17. The van der Waals surface area contributed by atoms with Gasteiger partial charge in [-0.2, -0.15) is 13.2 Å². The monoisotopic (exact) mass is 527 g/mol. The standard InChI is InChI=1S/C28H28F3N3O4/c29-28(30,31)23-8-3-20(4-9-23)18-21-5-11-25(12-6-21)38-27(37)34-16-14-33(15-17-34)13-1-2-24-10-7-22(19-32-24)26(35)36/h3-12,19H,1-2,13-18H2,(H,35,36). The summed E-state index contributed by atoms with van der Waals surface area (Å²) in [5.41, 5.74) is 2.00. The lowest BCUT2D eigenvalue weighted by molar-refractivity contribution is -0.137. The second-order valence-corrected chi connectivity index (χ2v) is 9.16. The van der Waals surface area contributed by atoms with Crippen molar-refractivity contribution in [1.29, 1.82) is 0 Å². The van der Waals surface area contributed by atoms with E-state index in [9.17, 15) is 22.8 Å². The van der Waals surface area contributed by atoms with Crippen LogP contribution in [0.5, 0.6) is 5.75 Å². The molecular weight excluding hydrogens is 499 g/mol. The molecule has 0 radical (unpaired) electrons. The minimum Gasteiger partial charge on any atom is -0.478 e. The molecule has 0 atom stereocenters. The van der Waals surface area contributed by atoms with Crippen LogP contribution in [0.3, 0.4) is 0 Å². The summed E-state index contributed by atoms with van der Waals surface area (Å²) in [6, 6.07) is 15.3. The van der Waals surface area contributed by atoms with Gasteiger partial charge in [-0.05, 0) is 73.3 Å². The SMILES string of the molecule is O=C(O)c1ccc(CCCN2CCN(C(=O)Oc3ccc(Cc4ccc(C(F)(F)F)cc4)cc3)CC2)nc1. The summed E-state index contributed by atoms with van der Waals surface area (Å²) >= 11 is 0. The van der Waals surface area contributed by atoms with E-state index in [-0.39, 0.29) is 5.56 Å². The normalized spacial score (nSPS) is 14.3. The van der Waals surface area contributed by atoms with Gasteiger partial charge in [-0.3, -0.25) is 9.88 Å². The zero-order chi connectivity index (χ0) is 27.1. The van der Waals surface area contributed by atoms with Gasteiger partial charge in [0.25, 0.3) is 0 Å². The van der Waals surface area contributed by atoms with Gasteiger partial charge in [0.05, 0.1) is 11.1 Å². The van der Waals surface area contributed by atoms with Crippen molar-refractivity contribution in [2.75, 3.05) is 32.7 Å². The highest BCUT2D eigenvalue weighted by Gasteiger charge is 2.30. The summed E-state index contributed by atoms with van der Waals surface area (Å²) < 4.78 is 43.7. The van der Waals surface area contributed by atoms with Crippen LogP contribution < -0.4 is 4.74 Å². The first kappa shape index (κ1) is 27.1. The number of hydrogen-bond donors (Lipinski definition) is 1. The Hall–Kier alpha value is -3.92. The smallest absolute Gasteiger partial charge is 0.416 e. The molecule has 3 aromatic rings. The van der Waals surface area contributed by atoms with Crippen LogP contribution in [-0.2, 0) is 19.0 Å². The molecule has 0 aliphatic carbocycles. The number of amides is 1. The van der Waals surface area contributed by atoms with Gasteiger partial charge >= 0.3 is 18.2 Å². The lowest BCUT2D eigenvalue weighted by atomic mass is 10.0. The largest absolute Gasteiger partial charge is 0.478 e. The van der Waals surface area contributed by atoms with Gasteiger partial charge in [-0.15, -0.1) is 0 Å². The second-order valence-electron chi connectivity index (χ2n) is 9.16. The fourth-order valence-corrected chi connectivity index (χ4v) is 4.22. The molecule has 1 saturated heterocycles. The van der Waals surface area contributed by atoms with Gasteiger partial charge in [-0.1, -0.05) is 24.3 Å². The van der Waals surface area contributed by atoms with E-state index in [2.05, 4.69) is 9.88 Å². The van der Waals surface area contributed by atoms with Gasteiger partial charge in [-0.25, -0.2) is 9.59 Å². The molecule has 1 aliphatic heterocycles. The zero-order valence-corrected chi connectivity index (χ0v) is 20.7. The number of aromatic carboxylic acids is 1. The molecule has 0 saturated carbocycles. The predicted molar refractivity (Wildman–Crippen MR) is 134 cm³/mol. The molecule has 2 heterocycles. The molecule has 1 aliphatic rings. The molecule has 0 spiro atoms. The van der Waals surface area contributed by atoms with Crippen molar-refractivity contribution in [3.63, 3.8) is 0 Å². The highest BCUT2D eigenvalue weighted by atomic mass is 19.4. The zero-order valence-electron chi connectivity index (χ0n) is 20.7. The van der Waals surface area contributed by atoms with Crippen molar-refractivity contribution in [1.82, 2.24) is 14.8 Å². The number of carbonyl (C=O) groups excluding carboxylic acids is 1. The van der Waals surface area contributed by atoms with Gasteiger partial charge in [0.15, 0.2) is 0 Å². The Bertz CT molecular complexity index is 1220. The second kappa shape index (κ2) is 12.1. The molecule has 2 aromatic carbocycles. The first-order chi connectivity index (χ1) is 18.2. The predicted octanol–water partition coefficient (Wildman–Crippen LogP) is 5.14. The number of pyridine rings is 1. The van der Waals surface area contributed by atoms with Crippen LogP contribution in [0.25, 0.3) is 0 Å². The van der Waals surface area contributed by atoms with Crippen molar-refractivity contribution in [3.05, 3.63) is 94.8 Å². The topological polar surface area (TPSA) is 83.0 Å². The number of aromatic nitrogens is 1. The number of carboxylic acid groups (broad SMARTS) is 1. The van der Waals surface area contributed by atoms with Crippen molar-refractivity contribution in [3.8, 4) is 5.75 Å². The third kappa shape index (κ3) is 7.55. The summed E-state index contributed by atoms with van der Waals surface area (Å²) in [5.74, 6) is -0.579. The van der Waals surface area contributed by atoms with Gasteiger partial charge in [0.1, 0.15) is 5.75 Å². The van der Waals surface area contributed by atoms with Crippen LogP contribution in [0.15, 0.2) is 66.9 Å². The number of benzene rings is 2. The number of ether oxygens (including phenoxy) is 1. The van der Waals surface area contributed by atoms with E-state index < -0.39 is 23.8 Å². The molecule has 1 fully saturated rings. The molecule has 1 N–H and O–H groups in total. The first-order valence-electron chi connectivity index (χ1n) is 12.3. The minimum absolute atomic E-state index is 0.172. The van der Waals surface area contributed by atoms with Crippen molar-refractivity contribution >= 4 is 12.1 Å². The average Bonchev–Trinajstić information content (AvgIpc) is 2.90. The first-order valence-corrected chi connectivity index (χ1v) is 12.3. The Morgan fingerprint density at radius 1 is 0.895 bits per heavy atom. The summed E-state index contributed by atoms with van der Waals surface area (Å²) in [6.45, 7) is 3.41. The number of aryl methyl sites for hydroxylation is 1. The average molecular weight is 528 g/mol. The number of carbonyl (C=O) groups is 2. The van der Waals surface area contributed by atoms with Crippen LogP contribution in [0, 0.1) is 0 Å². The van der Waals surface area contributed by atoms with Crippen molar-refractivity contribution in [2.24, 2.45) is 0 Å². The van der Waals surface area contributed by atoms with E-state index in [1.807, 2.05) is 0 Å². The summed E-state index contributed by atoms with van der Waals surface area (Å²) in [5, 5.41) is 8.94. The fraction of sp³-hybridized carbons (Fsp3) is 0.321. The van der Waals surface area contributed by atoms with E-state index >= 15 is 0 Å². The molecular formula is C28H28F3N3O4. The minimum atomic E-state index is -4.35. The molecule has 0 bridgehead atoms. The maximum absolute atomic E-state index is 12.7. The quantitative estimate of drug-likeness (QED) is 0.437. The molecule has 1 amide bonds. The van der Waals surface area contributed by atoms with E-state index in [1.165, 1.54) is 18.3 Å². The Morgan fingerprint density at radius 3 is 2.08 bits per heavy atom. The number of halogens is 3. The molecule has 10 heteroatoms. The summed E-state index contributed by atoms with van der Waals surface area (Å²) in [4.78, 5) is 31.6. The van der Waals surface area contributed by atoms with Crippen molar-refractivity contribution < 1.29 is 32.6 Å². The number of rotatable bonds is 8. The third-order valence-corrected chi connectivity index (χ3v) is 6.43. The Kier molecular flexibility index (Phi) is 8.62. The van der Waals surface area contributed by atoms with E-state index in [4.69, 9.17) is 9.84 Å². The highest BCUT2D eigenvalue weighted by Crippen LogP contribution is 2.29. The number of nitrogens with zero attached hydrogens (tertiary/aromatic N) is 3. The fourth-order valence-electron chi connectivity index (χ4n) is 4.22. The van der Waals surface area contributed by atoms with E-state index in [1.54, 1.807) is 41.3 Å². The van der Waals surface area contributed by atoms with Crippen LogP contribution in [-0.4, -0.2) is 64.7 Å². The number of hydrogen-bond acceptors (Lipinski definition) is 5. The lowest BCUT2D eigenvalue weighted by Gasteiger charge is -2.34. The number of piperazine rings is 1. The van der Waals surface area contributed by atoms with Crippen LogP contribution in [0.2, 0.25) is 0 Å².